The topological polar surface area (TPSA) is 20.3 Å². The Balaban J connectivity index is 2.83. The van der Waals surface area contributed by atoms with Crippen LogP contribution in [0.1, 0.15) is 23.7 Å². The van der Waals surface area contributed by atoms with Crippen molar-refractivity contribution in [3.05, 3.63) is 35.4 Å². The summed E-state index contributed by atoms with van der Waals surface area (Å²) in [6.07, 6.45) is -5.55. The van der Waals surface area contributed by atoms with Gasteiger partial charge in [-0.3, -0.25) is 4.79 Å². The molecule has 7 heteroatoms. The van der Waals surface area contributed by atoms with Gasteiger partial charge < -0.3 is 4.90 Å². The molecule has 0 aliphatic heterocycles. The second kappa shape index (κ2) is 5.99. The van der Waals surface area contributed by atoms with E-state index >= 15 is 0 Å². The highest BCUT2D eigenvalue weighted by molar-refractivity contribution is 5.94. The van der Waals surface area contributed by atoms with E-state index in [1.165, 1.54) is 6.92 Å². The maximum absolute atomic E-state index is 12.9. The lowest BCUT2D eigenvalue weighted by Gasteiger charge is -2.21. The standard InChI is InChI=1S/C12H12F5NO/c1-2-18(4-3-12(15,16)17)11(19)8-5-9(13)7-10(14)6-8/h5-7H,2-4H2,1H3. The van der Waals surface area contributed by atoms with Crippen molar-refractivity contribution < 1.29 is 26.7 Å². The van der Waals surface area contributed by atoms with Gasteiger partial charge in [-0.25, -0.2) is 8.78 Å². The van der Waals surface area contributed by atoms with E-state index in [4.69, 9.17) is 0 Å². The SMILES string of the molecule is CCN(CCC(F)(F)F)C(=O)c1cc(F)cc(F)c1. The molecule has 0 radical (unpaired) electrons. The summed E-state index contributed by atoms with van der Waals surface area (Å²) in [5.74, 6) is -2.73. The molecular weight excluding hydrogens is 269 g/mol. The third-order valence-electron chi connectivity index (χ3n) is 2.44. The summed E-state index contributed by atoms with van der Waals surface area (Å²) in [6, 6.07) is 2.17. The summed E-state index contributed by atoms with van der Waals surface area (Å²) in [4.78, 5) is 12.7. The molecule has 0 aromatic heterocycles. The third kappa shape index (κ3) is 4.84. The van der Waals surface area contributed by atoms with E-state index in [9.17, 15) is 26.7 Å². The van der Waals surface area contributed by atoms with Gasteiger partial charge in [0.2, 0.25) is 0 Å². The molecule has 0 fully saturated rings. The van der Waals surface area contributed by atoms with Gasteiger partial charge in [0.1, 0.15) is 11.6 Å². The van der Waals surface area contributed by atoms with Gasteiger partial charge in [0.15, 0.2) is 0 Å². The fraction of sp³-hybridized carbons (Fsp3) is 0.417. The first kappa shape index (κ1) is 15.4. The van der Waals surface area contributed by atoms with Crippen LogP contribution >= 0.6 is 0 Å². The molecule has 0 saturated carbocycles. The normalized spacial score (nSPS) is 11.5. The van der Waals surface area contributed by atoms with E-state index in [1.54, 1.807) is 0 Å². The number of halogens is 5. The van der Waals surface area contributed by atoms with Crippen LogP contribution in [-0.2, 0) is 0 Å². The van der Waals surface area contributed by atoms with Gasteiger partial charge in [-0.1, -0.05) is 0 Å². The molecule has 2 nitrogen and oxygen atoms in total. The van der Waals surface area contributed by atoms with E-state index in [2.05, 4.69) is 0 Å². The summed E-state index contributed by atoms with van der Waals surface area (Å²) >= 11 is 0. The second-order valence-corrected chi connectivity index (χ2v) is 3.91. The van der Waals surface area contributed by atoms with Crippen LogP contribution < -0.4 is 0 Å². The van der Waals surface area contributed by atoms with E-state index in [0.717, 1.165) is 17.0 Å². The summed E-state index contributed by atoms with van der Waals surface area (Å²) in [5, 5.41) is 0. The average molecular weight is 281 g/mol. The van der Waals surface area contributed by atoms with Crippen LogP contribution in [0.25, 0.3) is 0 Å². The van der Waals surface area contributed by atoms with Gasteiger partial charge in [0.05, 0.1) is 6.42 Å². The Morgan fingerprint density at radius 2 is 1.68 bits per heavy atom. The summed E-state index contributed by atoms with van der Waals surface area (Å²) < 4.78 is 62.1. The number of hydrogen-bond acceptors (Lipinski definition) is 1. The minimum atomic E-state index is -4.39. The second-order valence-electron chi connectivity index (χ2n) is 3.91. The third-order valence-corrected chi connectivity index (χ3v) is 2.44. The van der Waals surface area contributed by atoms with Crippen molar-refractivity contribution in [1.29, 1.82) is 0 Å². The maximum atomic E-state index is 12.9. The van der Waals surface area contributed by atoms with Gasteiger partial charge in [-0.2, -0.15) is 13.2 Å². The van der Waals surface area contributed by atoms with Crippen LogP contribution in [0.15, 0.2) is 18.2 Å². The zero-order valence-electron chi connectivity index (χ0n) is 10.1. The van der Waals surface area contributed by atoms with Gasteiger partial charge in [-0.15, -0.1) is 0 Å². The number of alkyl halides is 3. The van der Waals surface area contributed by atoms with E-state index in [0.29, 0.717) is 6.07 Å². The van der Waals surface area contributed by atoms with Crippen LogP contribution in [-0.4, -0.2) is 30.1 Å². The lowest BCUT2D eigenvalue weighted by atomic mass is 10.2. The van der Waals surface area contributed by atoms with Crippen molar-refractivity contribution in [2.45, 2.75) is 19.5 Å². The first-order chi connectivity index (χ1) is 8.73. The number of carbonyl (C=O) groups excluding carboxylic acids is 1. The molecule has 1 rings (SSSR count). The Hall–Kier alpha value is -1.66. The van der Waals surface area contributed by atoms with E-state index < -0.39 is 36.7 Å². The number of amides is 1. The minimum Gasteiger partial charge on any atom is -0.339 e. The lowest BCUT2D eigenvalue weighted by Crippen LogP contribution is -2.34. The van der Waals surface area contributed by atoms with Crippen LogP contribution in [0, 0.1) is 11.6 Å². The molecule has 0 bridgehead atoms. The van der Waals surface area contributed by atoms with Crippen LogP contribution in [0.3, 0.4) is 0 Å². The largest absolute Gasteiger partial charge is 0.390 e. The predicted octanol–water partition coefficient (Wildman–Crippen LogP) is 3.38. The molecule has 0 unspecified atom stereocenters. The molecule has 0 heterocycles. The molecule has 0 aliphatic carbocycles. The zero-order valence-corrected chi connectivity index (χ0v) is 10.1. The Morgan fingerprint density at radius 1 is 1.16 bits per heavy atom. The van der Waals surface area contributed by atoms with Crippen molar-refractivity contribution in [2.24, 2.45) is 0 Å². The maximum Gasteiger partial charge on any atom is 0.390 e. The first-order valence-electron chi connectivity index (χ1n) is 5.55. The van der Waals surface area contributed by atoms with Crippen LogP contribution in [0.2, 0.25) is 0 Å². The Morgan fingerprint density at radius 3 is 2.11 bits per heavy atom. The first-order valence-corrected chi connectivity index (χ1v) is 5.55. The van der Waals surface area contributed by atoms with Crippen LogP contribution in [0.5, 0.6) is 0 Å². The Kier molecular flexibility index (Phi) is 4.85. The van der Waals surface area contributed by atoms with E-state index in [-0.39, 0.29) is 12.1 Å². The summed E-state index contributed by atoms with van der Waals surface area (Å²) in [6.45, 7) is 0.966. The molecule has 106 valence electrons. The van der Waals surface area contributed by atoms with Crippen molar-refractivity contribution >= 4 is 5.91 Å². The molecule has 0 aliphatic rings. The molecule has 19 heavy (non-hydrogen) atoms. The van der Waals surface area contributed by atoms with Gasteiger partial charge in [-0.05, 0) is 19.1 Å². The molecular formula is C12H12F5NO. The number of benzene rings is 1. The molecule has 1 amide bonds. The van der Waals surface area contributed by atoms with E-state index in [1.807, 2.05) is 0 Å². The van der Waals surface area contributed by atoms with Gasteiger partial charge in [0, 0.05) is 24.7 Å². The molecule has 1 aromatic carbocycles. The predicted molar refractivity (Wildman–Crippen MR) is 58.6 cm³/mol. The number of hydrogen-bond donors (Lipinski definition) is 0. The fourth-order valence-electron chi connectivity index (χ4n) is 1.52. The molecule has 1 aromatic rings. The van der Waals surface area contributed by atoms with Crippen molar-refractivity contribution in [3.63, 3.8) is 0 Å². The van der Waals surface area contributed by atoms with Gasteiger partial charge in [0.25, 0.3) is 5.91 Å². The quantitative estimate of drug-likeness (QED) is 0.775. The number of carbonyl (C=O) groups is 1. The molecule has 0 spiro atoms. The lowest BCUT2D eigenvalue weighted by molar-refractivity contribution is -0.136. The highest BCUT2D eigenvalue weighted by atomic mass is 19.4. The van der Waals surface area contributed by atoms with Gasteiger partial charge >= 0.3 is 6.18 Å². The highest BCUT2D eigenvalue weighted by Gasteiger charge is 2.29. The van der Waals surface area contributed by atoms with Crippen molar-refractivity contribution in [2.75, 3.05) is 13.1 Å². The van der Waals surface area contributed by atoms with Crippen molar-refractivity contribution in [3.8, 4) is 0 Å². The smallest absolute Gasteiger partial charge is 0.339 e. The Labute approximate surface area is 106 Å². The molecule has 0 atom stereocenters. The summed E-state index contributed by atoms with van der Waals surface area (Å²) in [5.41, 5.74) is -0.304. The molecule has 0 saturated heterocycles. The number of rotatable bonds is 4. The highest BCUT2D eigenvalue weighted by Crippen LogP contribution is 2.20. The summed E-state index contributed by atoms with van der Waals surface area (Å²) in [7, 11) is 0. The average Bonchev–Trinajstić information content (AvgIpc) is 2.26. The zero-order chi connectivity index (χ0) is 14.6. The van der Waals surface area contributed by atoms with Crippen molar-refractivity contribution in [1.82, 2.24) is 4.90 Å². The monoisotopic (exact) mass is 281 g/mol. The fourth-order valence-corrected chi connectivity index (χ4v) is 1.52. The molecule has 0 N–H and O–H groups in total. The minimum absolute atomic E-state index is 0.0209. The van der Waals surface area contributed by atoms with Crippen LogP contribution in [0.4, 0.5) is 22.0 Å². The Bertz CT molecular complexity index is 438. The number of nitrogens with zero attached hydrogens (tertiary/aromatic N) is 1.